The highest BCUT2D eigenvalue weighted by atomic mass is 32.1. The van der Waals surface area contributed by atoms with Crippen LogP contribution in [0.15, 0.2) is 41.5 Å². The topological polar surface area (TPSA) is 76.9 Å². The molecule has 23 heavy (non-hydrogen) atoms. The molecule has 0 spiro atoms. The summed E-state index contributed by atoms with van der Waals surface area (Å²) in [5.41, 5.74) is 7.03. The number of benzene rings is 2. The summed E-state index contributed by atoms with van der Waals surface area (Å²) >= 11 is 5.23. The van der Waals surface area contributed by atoms with E-state index in [1.807, 2.05) is 32.0 Å². The van der Waals surface area contributed by atoms with Crippen molar-refractivity contribution in [2.75, 3.05) is 5.32 Å². The van der Waals surface area contributed by atoms with Gasteiger partial charge in [0, 0.05) is 17.3 Å². The summed E-state index contributed by atoms with van der Waals surface area (Å²) in [6, 6.07) is 10.3. The van der Waals surface area contributed by atoms with E-state index in [4.69, 9.17) is 12.2 Å². The molecule has 0 radical (unpaired) electrons. The molecular formula is C17H19N3O2S. The number of nitrogens with zero attached hydrogens (tertiary/aromatic N) is 1. The number of hydrazone groups is 1. The molecule has 0 saturated heterocycles. The fourth-order valence-electron chi connectivity index (χ4n) is 2.06. The maximum absolute atomic E-state index is 9.81. The first kappa shape index (κ1) is 16.8. The number of aryl methyl sites for hydroxylation is 1. The number of hydrogen-bond donors (Lipinski definition) is 4. The molecule has 2 aromatic rings. The molecule has 0 fully saturated rings. The third-order valence-corrected chi connectivity index (χ3v) is 3.74. The van der Waals surface area contributed by atoms with Crippen molar-refractivity contribution < 1.29 is 10.2 Å². The van der Waals surface area contributed by atoms with Gasteiger partial charge in [0.05, 0.1) is 5.71 Å². The van der Waals surface area contributed by atoms with Crippen LogP contribution in [0.2, 0.25) is 0 Å². The van der Waals surface area contributed by atoms with Gasteiger partial charge in [-0.05, 0) is 62.3 Å². The van der Waals surface area contributed by atoms with Gasteiger partial charge in [-0.2, -0.15) is 5.10 Å². The van der Waals surface area contributed by atoms with E-state index < -0.39 is 0 Å². The van der Waals surface area contributed by atoms with E-state index in [0.717, 1.165) is 11.3 Å². The fourth-order valence-corrected chi connectivity index (χ4v) is 2.21. The lowest BCUT2D eigenvalue weighted by Gasteiger charge is -2.12. The Morgan fingerprint density at radius 3 is 2.57 bits per heavy atom. The monoisotopic (exact) mass is 329 g/mol. The number of anilines is 1. The fraction of sp³-hybridized carbons (Fsp3) is 0.176. The number of aromatic hydroxyl groups is 2. The maximum atomic E-state index is 9.81. The van der Waals surface area contributed by atoms with E-state index in [-0.39, 0.29) is 11.5 Å². The van der Waals surface area contributed by atoms with Crippen molar-refractivity contribution in [2.24, 2.45) is 5.10 Å². The van der Waals surface area contributed by atoms with Crippen molar-refractivity contribution in [1.29, 1.82) is 0 Å². The van der Waals surface area contributed by atoms with Crippen LogP contribution in [0.3, 0.4) is 0 Å². The van der Waals surface area contributed by atoms with Gasteiger partial charge in [0.15, 0.2) is 5.11 Å². The first-order valence-electron chi connectivity index (χ1n) is 7.08. The van der Waals surface area contributed by atoms with Crippen LogP contribution >= 0.6 is 12.2 Å². The normalized spacial score (nSPS) is 11.2. The summed E-state index contributed by atoms with van der Waals surface area (Å²) < 4.78 is 0. The van der Waals surface area contributed by atoms with Crippen molar-refractivity contribution in [3.63, 3.8) is 0 Å². The molecule has 0 heterocycles. The van der Waals surface area contributed by atoms with Gasteiger partial charge in [-0.25, -0.2) is 0 Å². The van der Waals surface area contributed by atoms with Crippen molar-refractivity contribution in [1.82, 2.24) is 5.43 Å². The zero-order valence-electron chi connectivity index (χ0n) is 13.2. The third-order valence-electron chi connectivity index (χ3n) is 3.55. The average Bonchev–Trinajstić information content (AvgIpc) is 2.49. The van der Waals surface area contributed by atoms with E-state index >= 15 is 0 Å². The minimum atomic E-state index is -0.0403. The minimum absolute atomic E-state index is 0.000815. The SMILES string of the molecule is C/C(=N\NC(=S)Nc1cccc(C)c1C)c1ccc(O)cc1O. The highest BCUT2D eigenvalue weighted by Crippen LogP contribution is 2.23. The Bertz CT molecular complexity index is 772. The Kier molecular flexibility index (Phi) is 5.18. The summed E-state index contributed by atoms with van der Waals surface area (Å²) in [6.07, 6.45) is 0. The lowest BCUT2D eigenvalue weighted by atomic mass is 10.1. The molecule has 0 amide bonds. The molecule has 0 saturated carbocycles. The molecule has 4 N–H and O–H groups in total. The highest BCUT2D eigenvalue weighted by Gasteiger charge is 2.06. The molecule has 0 aliphatic rings. The summed E-state index contributed by atoms with van der Waals surface area (Å²) in [5, 5.41) is 26.7. The predicted molar refractivity (Wildman–Crippen MR) is 97.3 cm³/mol. The van der Waals surface area contributed by atoms with Gasteiger partial charge < -0.3 is 15.5 Å². The van der Waals surface area contributed by atoms with E-state index in [1.54, 1.807) is 13.0 Å². The number of nitrogens with one attached hydrogen (secondary N) is 2. The molecule has 0 aliphatic heterocycles. The Morgan fingerprint density at radius 2 is 1.87 bits per heavy atom. The van der Waals surface area contributed by atoms with Crippen LogP contribution in [0.4, 0.5) is 5.69 Å². The average molecular weight is 329 g/mol. The van der Waals surface area contributed by atoms with Crippen LogP contribution in [0, 0.1) is 13.8 Å². The van der Waals surface area contributed by atoms with Crippen molar-refractivity contribution in [3.05, 3.63) is 53.1 Å². The second-order valence-electron chi connectivity index (χ2n) is 5.21. The lowest BCUT2D eigenvalue weighted by Crippen LogP contribution is -2.25. The number of rotatable bonds is 3. The van der Waals surface area contributed by atoms with Crippen LogP contribution in [0.25, 0.3) is 0 Å². The molecule has 6 heteroatoms. The Morgan fingerprint density at radius 1 is 1.13 bits per heavy atom. The molecule has 5 nitrogen and oxygen atoms in total. The van der Waals surface area contributed by atoms with E-state index in [9.17, 15) is 10.2 Å². The number of thiocarbonyl (C=S) groups is 1. The largest absolute Gasteiger partial charge is 0.508 e. The zero-order chi connectivity index (χ0) is 17.0. The van der Waals surface area contributed by atoms with Crippen LogP contribution in [-0.2, 0) is 0 Å². The van der Waals surface area contributed by atoms with Crippen LogP contribution in [-0.4, -0.2) is 21.0 Å². The predicted octanol–water partition coefficient (Wildman–Crippen LogP) is 3.43. The van der Waals surface area contributed by atoms with Crippen LogP contribution in [0.5, 0.6) is 11.5 Å². The molecule has 2 rings (SSSR count). The van der Waals surface area contributed by atoms with E-state index in [2.05, 4.69) is 15.8 Å². The Hall–Kier alpha value is -2.60. The quantitative estimate of drug-likeness (QED) is 0.394. The smallest absolute Gasteiger partial charge is 0.191 e. The van der Waals surface area contributed by atoms with Gasteiger partial charge in [-0.15, -0.1) is 0 Å². The second kappa shape index (κ2) is 7.11. The van der Waals surface area contributed by atoms with Crippen molar-refractivity contribution in [3.8, 4) is 11.5 Å². The molecule has 0 aromatic heterocycles. The highest BCUT2D eigenvalue weighted by molar-refractivity contribution is 7.80. The standard InChI is InChI=1S/C17H19N3O2S/c1-10-5-4-6-15(11(10)2)18-17(23)20-19-12(3)14-8-7-13(21)9-16(14)22/h4-9,21-22H,1-3H3,(H2,18,20,23)/b19-12+. The van der Waals surface area contributed by atoms with Crippen LogP contribution in [0.1, 0.15) is 23.6 Å². The number of hydrogen-bond acceptors (Lipinski definition) is 4. The maximum Gasteiger partial charge on any atom is 0.191 e. The first-order valence-corrected chi connectivity index (χ1v) is 7.49. The zero-order valence-corrected chi connectivity index (χ0v) is 14.0. The van der Waals surface area contributed by atoms with Gasteiger partial charge in [0.1, 0.15) is 11.5 Å². The molecule has 0 bridgehead atoms. The van der Waals surface area contributed by atoms with E-state index in [0.29, 0.717) is 16.4 Å². The summed E-state index contributed by atoms with van der Waals surface area (Å²) in [7, 11) is 0. The number of phenols is 2. The third kappa shape index (κ3) is 4.20. The van der Waals surface area contributed by atoms with Gasteiger partial charge >= 0.3 is 0 Å². The van der Waals surface area contributed by atoms with Gasteiger partial charge in [0.25, 0.3) is 0 Å². The summed E-state index contributed by atoms with van der Waals surface area (Å²) in [6.45, 7) is 5.79. The van der Waals surface area contributed by atoms with Gasteiger partial charge in [0.2, 0.25) is 0 Å². The van der Waals surface area contributed by atoms with Crippen molar-refractivity contribution in [2.45, 2.75) is 20.8 Å². The Balaban J connectivity index is 2.07. The molecule has 120 valence electrons. The minimum Gasteiger partial charge on any atom is -0.508 e. The van der Waals surface area contributed by atoms with Crippen LogP contribution < -0.4 is 10.7 Å². The lowest BCUT2D eigenvalue weighted by molar-refractivity contribution is 0.450. The van der Waals surface area contributed by atoms with Crippen molar-refractivity contribution >= 4 is 28.7 Å². The van der Waals surface area contributed by atoms with E-state index in [1.165, 1.54) is 17.7 Å². The summed E-state index contributed by atoms with van der Waals surface area (Å²) in [5.74, 6) is -0.0411. The molecular weight excluding hydrogens is 310 g/mol. The molecule has 2 aromatic carbocycles. The molecule has 0 atom stereocenters. The molecule has 0 unspecified atom stereocenters. The van der Waals surface area contributed by atoms with Gasteiger partial charge in [-0.3, -0.25) is 5.43 Å². The summed E-state index contributed by atoms with van der Waals surface area (Å²) in [4.78, 5) is 0. The first-order chi connectivity index (χ1) is 10.9. The Labute approximate surface area is 140 Å². The second-order valence-corrected chi connectivity index (χ2v) is 5.62. The van der Waals surface area contributed by atoms with Gasteiger partial charge in [-0.1, -0.05) is 12.1 Å². The number of phenolic OH excluding ortho intramolecular Hbond substituents is 2. The molecule has 0 aliphatic carbocycles.